The summed E-state index contributed by atoms with van der Waals surface area (Å²) in [6.45, 7) is 0.109. The second-order valence-corrected chi connectivity index (χ2v) is 6.09. The van der Waals surface area contributed by atoms with Crippen molar-refractivity contribution in [2.24, 2.45) is 0 Å². The predicted octanol–water partition coefficient (Wildman–Crippen LogP) is 1.94. The lowest BCUT2D eigenvalue weighted by Crippen LogP contribution is -2.54. The van der Waals surface area contributed by atoms with Crippen molar-refractivity contribution in [1.29, 1.82) is 0 Å². The third kappa shape index (κ3) is 2.68. The molecule has 0 bridgehead atoms. The van der Waals surface area contributed by atoms with Crippen molar-refractivity contribution in [1.82, 2.24) is 4.90 Å². The molecular formula is C15H14FNO4S. The first-order valence-electron chi connectivity index (χ1n) is 6.72. The average molecular weight is 323 g/mol. The SMILES string of the molecule is COC(=O)C1=C(COc2cccc(F)c2)CSC2CC(=O)N12. The minimum atomic E-state index is -0.545. The number of thioether (sulfide) groups is 1. The van der Waals surface area contributed by atoms with E-state index in [1.165, 1.54) is 24.1 Å². The molecule has 1 aromatic carbocycles. The van der Waals surface area contributed by atoms with Gasteiger partial charge in [-0.2, -0.15) is 0 Å². The van der Waals surface area contributed by atoms with Crippen LogP contribution in [0.2, 0.25) is 0 Å². The molecule has 2 heterocycles. The van der Waals surface area contributed by atoms with Gasteiger partial charge in [0.2, 0.25) is 5.91 Å². The van der Waals surface area contributed by atoms with Gasteiger partial charge in [-0.3, -0.25) is 9.69 Å². The minimum Gasteiger partial charge on any atom is -0.489 e. The van der Waals surface area contributed by atoms with E-state index in [0.29, 0.717) is 23.5 Å². The number of fused-ring (bicyclic) bond motifs is 1. The van der Waals surface area contributed by atoms with E-state index in [1.54, 1.807) is 23.9 Å². The molecule has 2 aliphatic rings. The molecule has 0 radical (unpaired) electrons. The number of benzene rings is 1. The molecule has 1 aromatic rings. The van der Waals surface area contributed by atoms with Crippen LogP contribution < -0.4 is 4.74 Å². The summed E-state index contributed by atoms with van der Waals surface area (Å²) in [6, 6.07) is 5.78. The van der Waals surface area contributed by atoms with Gasteiger partial charge in [-0.1, -0.05) is 6.07 Å². The standard InChI is InChI=1S/C15H14FNO4S/c1-20-15(19)14-9(8-22-13-6-12(18)17(13)14)7-21-11-4-2-3-10(16)5-11/h2-5,13H,6-8H2,1H3. The van der Waals surface area contributed by atoms with Crippen molar-refractivity contribution in [3.63, 3.8) is 0 Å². The molecule has 1 saturated heterocycles. The second-order valence-electron chi connectivity index (χ2n) is 4.92. The molecule has 5 nitrogen and oxygen atoms in total. The Morgan fingerprint density at radius 1 is 1.50 bits per heavy atom. The summed E-state index contributed by atoms with van der Waals surface area (Å²) in [5.41, 5.74) is 0.935. The highest BCUT2D eigenvalue weighted by atomic mass is 32.2. The van der Waals surface area contributed by atoms with Crippen LogP contribution in [0.1, 0.15) is 6.42 Å². The summed E-state index contributed by atoms with van der Waals surface area (Å²) in [6.07, 6.45) is 0.434. The Bertz CT molecular complexity index is 661. The normalized spacial score (nSPS) is 20.4. The highest BCUT2D eigenvalue weighted by Crippen LogP contribution is 2.40. The van der Waals surface area contributed by atoms with E-state index in [-0.39, 0.29) is 23.6 Å². The number of ether oxygens (including phenoxy) is 2. The fourth-order valence-corrected chi connectivity index (χ4v) is 3.65. The van der Waals surface area contributed by atoms with E-state index in [1.807, 2.05) is 0 Å². The number of halogens is 1. The molecule has 0 aromatic heterocycles. The van der Waals surface area contributed by atoms with Gasteiger partial charge in [-0.05, 0) is 12.1 Å². The van der Waals surface area contributed by atoms with Crippen molar-refractivity contribution >= 4 is 23.6 Å². The number of methoxy groups -OCH3 is 1. The monoisotopic (exact) mass is 323 g/mol. The van der Waals surface area contributed by atoms with E-state index >= 15 is 0 Å². The number of rotatable bonds is 4. The maximum atomic E-state index is 13.1. The fraction of sp³-hybridized carbons (Fsp3) is 0.333. The number of carbonyl (C=O) groups excluding carboxylic acids is 2. The van der Waals surface area contributed by atoms with Crippen LogP contribution in [0, 0.1) is 5.82 Å². The van der Waals surface area contributed by atoms with Crippen molar-refractivity contribution in [3.8, 4) is 5.75 Å². The maximum Gasteiger partial charge on any atom is 0.354 e. The number of nitrogens with zero attached hydrogens (tertiary/aromatic N) is 1. The molecule has 1 amide bonds. The number of β-lactam (4-membered cyclic amide) rings is 1. The van der Waals surface area contributed by atoms with Gasteiger partial charge in [0.15, 0.2) is 0 Å². The van der Waals surface area contributed by atoms with E-state index in [2.05, 4.69) is 0 Å². The Morgan fingerprint density at radius 3 is 3.00 bits per heavy atom. The van der Waals surface area contributed by atoms with Gasteiger partial charge in [0.05, 0.1) is 18.9 Å². The molecule has 2 aliphatic heterocycles. The van der Waals surface area contributed by atoms with Gasteiger partial charge < -0.3 is 9.47 Å². The summed E-state index contributed by atoms with van der Waals surface area (Å²) in [5.74, 6) is -0.0831. The molecule has 1 fully saturated rings. The van der Waals surface area contributed by atoms with Crippen LogP contribution in [-0.2, 0) is 14.3 Å². The topological polar surface area (TPSA) is 55.8 Å². The van der Waals surface area contributed by atoms with Crippen molar-refractivity contribution in [3.05, 3.63) is 41.4 Å². The molecule has 7 heteroatoms. The first-order chi connectivity index (χ1) is 10.6. The van der Waals surface area contributed by atoms with Crippen molar-refractivity contribution in [2.75, 3.05) is 19.5 Å². The Morgan fingerprint density at radius 2 is 2.32 bits per heavy atom. The van der Waals surface area contributed by atoms with Gasteiger partial charge in [0.25, 0.3) is 0 Å². The summed E-state index contributed by atoms with van der Waals surface area (Å²) in [7, 11) is 1.28. The molecular weight excluding hydrogens is 309 g/mol. The highest BCUT2D eigenvalue weighted by molar-refractivity contribution is 8.00. The number of esters is 1. The van der Waals surface area contributed by atoms with Gasteiger partial charge >= 0.3 is 5.97 Å². The molecule has 3 rings (SSSR count). The average Bonchev–Trinajstić information content (AvgIpc) is 2.51. The number of hydrogen-bond acceptors (Lipinski definition) is 5. The number of amides is 1. The minimum absolute atomic E-state index is 0.000445. The van der Waals surface area contributed by atoms with Gasteiger partial charge in [0.1, 0.15) is 23.9 Å². The van der Waals surface area contributed by atoms with Crippen molar-refractivity contribution < 1.29 is 23.5 Å². The van der Waals surface area contributed by atoms with Crippen LogP contribution in [0.4, 0.5) is 4.39 Å². The van der Waals surface area contributed by atoms with Crippen LogP contribution in [0.15, 0.2) is 35.5 Å². The summed E-state index contributed by atoms with van der Waals surface area (Å²) < 4.78 is 23.5. The second kappa shape index (κ2) is 6.00. The van der Waals surface area contributed by atoms with E-state index in [0.717, 1.165) is 0 Å². The largest absolute Gasteiger partial charge is 0.489 e. The molecule has 1 unspecified atom stereocenters. The Hall–Kier alpha value is -2.02. The number of carbonyl (C=O) groups is 2. The van der Waals surface area contributed by atoms with Crippen LogP contribution in [0.5, 0.6) is 5.75 Å². The summed E-state index contributed by atoms with van der Waals surface area (Å²) >= 11 is 1.58. The Kier molecular flexibility index (Phi) is 4.06. The molecule has 0 aliphatic carbocycles. The first-order valence-corrected chi connectivity index (χ1v) is 7.77. The van der Waals surface area contributed by atoms with Gasteiger partial charge in [0, 0.05) is 17.4 Å². The van der Waals surface area contributed by atoms with E-state index in [4.69, 9.17) is 9.47 Å². The van der Waals surface area contributed by atoms with Crippen LogP contribution in [-0.4, -0.2) is 41.6 Å². The smallest absolute Gasteiger partial charge is 0.354 e. The van der Waals surface area contributed by atoms with Gasteiger partial charge in [-0.15, -0.1) is 11.8 Å². The zero-order valence-electron chi connectivity index (χ0n) is 11.9. The van der Waals surface area contributed by atoms with Crippen LogP contribution >= 0.6 is 11.8 Å². The zero-order chi connectivity index (χ0) is 15.7. The molecule has 1 atom stereocenters. The van der Waals surface area contributed by atoms with Crippen LogP contribution in [0.25, 0.3) is 0 Å². The molecule has 0 saturated carbocycles. The third-order valence-corrected chi connectivity index (χ3v) is 4.80. The third-order valence-electron chi connectivity index (χ3n) is 3.52. The van der Waals surface area contributed by atoms with E-state index < -0.39 is 11.8 Å². The maximum absolute atomic E-state index is 13.1. The fourth-order valence-electron chi connectivity index (χ4n) is 2.40. The lowest BCUT2D eigenvalue weighted by atomic mass is 10.1. The molecule has 116 valence electrons. The van der Waals surface area contributed by atoms with Crippen molar-refractivity contribution in [2.45, 2.75) is 11.8 Å². The van der Waals surface area contributed by atoms with Crippen LogP contribution in [0.3, 0.4) is 0 Å². The van der Waals surface area contributed by atoms with E-state index in [9.17, 15) is 14.0 Å². The predicted molar refractivity (Wildman–Crippen MR) is 78.6 cm³/mol. The summed E-state index contributed by atoms with van der Waals surface area (Å²) in [5, 5.41) is -0.000445. The number of hydrogen-bond donors (Lipinski definition) is 0. The molecule has 0 N–H and O–H groups in total. The Labute approximate surface area is 131 Å². The lowest BCUT2D eigenvalue weighted by Gasteiger charge is -2.44. The lowest BCUT2D eigenvalue weighted by molar-refractivity contribution is -0.147. The quantitative estimate of drug-likeness (QED) is 0.626. The molecule has 0 spiro atoms. The zero-order valence-corrected chi connectivity index (χ0v) is 12.7. The highest BCUT2D eigenvalue weighted by Gasteiger charge is 2.45. The van der Waals surface area contributed by atoms with Gasteiger partial charge in [-0.25, -0.2) is 9.18 Å². The molecule has 22 heavy (non-hydrogen) atoms. The Balaban J connectivity index is 1.82. The summed E-state index contributed by atoms with van der Waals surface area (Å²) in [4.78, 5) is 25.2. The first kappa shape index (κ1) is 14.9.